The molecule has 0 amide bonds. The van der Waals surface area contributed by atoms with Crippen molar-refractivity contribution in [3.8, 4) is 0 Å². The molecule has 5 heteroatoms. The fraction of sp³-hybridized carbons (Fsp3) is 0.320. The number of H-pyrrole nitrogens is 1. The van der Waals surface area contributed by atoms with Crippen LogP contribution in [0.15, 0.2) is 77.8 Å². The second-order valence-corrected chi connectivity index (χ2v) is 7.32. The Morgan fingerprint density at radius 3 is 2.60 bits per heavy atom. The monoisotopic (exact) mass is 406 g/mol. The van der Waals surface area contributed by atoms with E-state index in [2.05, 4.69) is 29.1 Å². The fourth-order valence-corrected chi connectivity index (χ4v) is 2.95. The first-order chi connectivity index (χ1) is 14.5. The van der Waals surface area contributed by atoms with Crippen LogP contribution in [0.2, 0.25) is 0 Å². The van der Waals surface area contributed by atoms with Crippen molar-refractivity contribution < 1.29 is 0 Å². The molecule has 0 saturated carbocycles. The van der Waals surface area contributed by atoms with Crippen LogP contribution in [-0.4, -0.2) is 16.1 Å². The second-order valence-electron chi connectivity index (χ2n) is 7.32. The van der Waals surface area contributed by atoms with Crippen molar-refractivity contribution in [2.24, 2.45) is 0 Å². The Balaban J connectivity index is 0.000000303. The van der Waals surface area contributed by atoms with Gasteiger partial charge in [-0.05, 0) is 63.2 Å². The summed E-state index contributed by atoms with van der Waals surface area (Å²) in [5.41, 5.74) is 5.04. The Kier molecular flexibility index (Phi) is 9.52. The normalized spacial score (nSPS) is 10.6. The van der Waals surface area contributed by atoms with E-state index in [9.17, 15) is 4.79 Å². The average molecular weight is 407 g/mol. The van der Waals surface area contributed by atoms with E-state index in [0.717, 1.165) is 54.8 Å². The van der Waals surface area contributed by atoms with Gasteiger partial charge < -0.3 is 15.6 Å². The van der Waals surface area contributed by atoms with Gasteiger partial charge in [0.15, 0.2) is 0 Å². The number of hydrogen-bond donors (Lipinski definition) is 3. The van der Waals surface area contributed by atoms with Gasteiger partial charge in [0.05, 0.1) is 11.0 Å². The Morgan fingerprint density at radius 1 is 1.17 bits per heavy atom. The quantitative estimate of drug-likeness (QED) is 0.304. The van der Waals surface area contributed by atoms with E-state index in [-0.39, 0.29) is 5.69 Å². The largest absolute Gasteiger partial charge is 0.391 e. The highest BCUT2D eigenvalue weighted by atomic mass is 16.1. The van der Waals surface area contributed by atoms with Crippen molar-refractivity contribution >= 4 is 22.4 Å². The minimum Gasteiger partial charge on any atom is -0.391 e. The molecule has 3 aromatic rings. The lowest BCUT2D eigenvalue weighted by molar-refractivity contribution is 0.629. The van der Waals surface area contributed by atoms with Crippen LogP contribution < -0.4 is 16.3 Å². The van der Waals surface area contributed by atoms with Gasteiger partial charge in [-0.1, -0.05) is 43.2 Å². The van der Waals surface area contributed by atoms with Crippen LogP contribution in [0, 0.1) is 0 Å². The van der Waals surface area contributed by atoms with Crippen LogP contribution in [0.4, 0.5) is 11.4 Å². The standard InChI is InChI=1S/C17H19N3O.C8H15N/c1-2-3-11-20-16-10-9-14(12-15(16)19-17(20)21)18-13-7-5-4-6-8-13;1-4-6-9-7-5-8(2)3/h4-10,12,18H,2-3,11H2,1H3,(H,19,21);4,6,9H,2,5,7H2,1,3H3/b;6-4-. The van der Waals surface area contributed by atoms with Crippen molar-refractivity contribution in [3.63, 3.8) is 0 Å². The number of benzene rings is 2. The topological polar surface area (TPSA) is 61.9 Å². The first-order valence-corrected chi connectivity index (χ1v) is 10.6. The summed E-state index contributed by atoms with van der Waals surface area (Å²) in [6.07, 6.45) is 7.08. The number of aromatic nitrogens is 2. The van der Waals surface area contributed by atoms with Crippen LogP contribution in [0.25, 0.3) is 11.0 Å². The number of unbranched alkanes of at least 4 members (excludes halogenated alkanes) is 1. The summed E-state index contributed by atoms with van der Waals surface area (Å²) in [6.45, 7) is 11.7. The second kappa shape index (κ2) is 12.4. The molecule has 0 fully saturated rings. The Morgan fingerprint density at radius 2 is 1.93 bits per heavy atom. The minimum atomic E-state index is -0.0321. The molecule has 0 aliphatic carbocycles. The average Bonchev–Trinajstić information content (AvgIpc) is 3.05. The van der Waals surface area contributed by atoms with Crippen LogP contribution in [0.5, 0.6) is 0 Å². The van der Waals surface area contributed by atoms with Crippen LogP contribution >= 0.6 is 0 Å². The van der Waals surface area contributed by atoms with Gasteiger partial charge >= 0.3 is 5.69 Å². The number of imidazole rings is 1. The predicted molar refractivity (Wildman–Crippen MR) is 129 cm³/mol. The van der Waals surface area contributed by atoms with Crippen molar-refractivity contribution in [1.29, 1.82) is 0 Å². The summed E-state index contributed by atoms with van der Waals surface area (Å²) in [6, 6.07) is 16.0. The molecule has 0 radical (unpaired) electrons. The molecule has 5 nitrogen and oxygen atoms in total. The molecule has 0 spiro atoms. The Labute approximate surface area is 179 Å². The molecule has 30 heavy (non-hydrogen) atoms. The molecule has 0 aliphatic rings. The van der Waals surface area contributed by atoms with Crippen LogP contribution in [0.1, 0.15) is 40.0 Å². The molecule has 3 N–H and O–H groups in total. The van der Waals surface area contributed by atoms with Gasteiger partial charge in [-0.25, -0.2) is 4.79 Å². The zero-order valence-corrected chi connectivity index (χ0v) is 18.4. The molecule has 0 unspecified atom stereocenters. The maximum Gasteiger partial charge on any atom is 0.326 e. The number of nitrogens with one attached hydrogen (secondary N) is 3. The molecular formula is C25H34N4O. The number of allylic oxidation sites excluding steroid dienone is 1. The smallest absolute Gasteiger partial charge is 0.326 e. The van der Waals surface area contributed by atoms with E-state index >= 15 is 0 Å². The van der Waals surface area contributed by atoms with E-state index < -0.39 is 0 Å². The SMILES string of the molecule is C=C(C)CCN/C=C\C.CCCCn1c(=O)[nH]c2cc(Nc3ccccc3)ccc21. The number of nitrogens with zero attached hydrogens (tertiary/aromatic N) is 1. The molecule has 3 rings (SSSR count). The highest BCUT2D eigenvalue weighted by Gasteiger charge is 2.07. The lowest BCUT2D eigenvalue weighted by Crippen LogP contribution is -2.16. The summed E-state index contributed by atoms with van der Waals surface area (Å²) < 4.78 is 1.81. The molecule has 160 valence electrons. The van der Waals surface area contributed by atoms with Crippen LogP contribution in [-0.2, 0) is 6.54 Å². The van der Waals surface area contributed by atoms with E-state index in [1.165, 1.54) is 5.57 Å². The fourth-order valence-electron chi connectivity index (χ4n) is 2.95. The third-order valence-corrected chi connectivity index (χ3v) is 4.55. The van der Waals surface area contributed by atoms with Crippen molar-refractivity contribution in [2.75, 3.05) is 11.9 Å². The molecule has 0 aliphatic heterocycles. The number of aryl methyl sites for hydroxylation is 1. The number of aromatic amines is 1. The van der Waals surface area contributed by atoms with Gasteiger partial charge in [0.2, 0.25) is 0 Å². The third kappa shape index (κ3) is 7.32. The van der Waals surface area contributed by atoms with E-state index in [1.54, 1.807) is 0 Å². The molecule has 0 atom stereocenters. The molecular weight excluding hydrogens is 372 g/mol. The number of rotatable bonds is 9. The van der Waals surface area contributed by atoms with Crippen molar-refractivity contribution in [1.82, 2.24) is 14.9 Å². The summed E-state index contributed by atoms with van der Waals surface area (Å²) in [7, 11) is 0. The number of hydrogen-bond acceptors (Lipinski definition) is 3. The van der Waals surface area contributed by atoms with Crippen molar-refractivity contribution in [3.05, 3.63) is 83.4 Å². The Hall–Kier alpha value is -3.21. The zero-order chi connectivity index (χ0) is 21.8. The number of fused-ring (bicyclic) bond motifs is 1. The third-order valence-electron chi connectivity index (χ3n) is 4.55. The lowest BCUT2D eigenvalue weighted by atomic mass is 10.2. The molecule has 2 aromatic carbocycles. The minimum absolute atomic E-state index is 0.0321. The number of para-hydroxylation sites is 1. The summed E-state index contributed by atoms with van der Waals surface area (Å²) >= 11 is 0. The van der Waals surface area contributed by atoms with E-state index in [4.69, 9.17) is 0 Å². The van der Waals surface area contributed by atoms with E-state index in [1.807, 2.05) is 79.2 Å². The highest BCUT2D eigenvalue weighted by molar-refractivity contribution is 5.80. The predicted octanol–water partition coefficient (Wildman–Crippen LogP) is 5.95. The molecule has 1 heterocycles. The molecule has 0 saturated heterocycles. The van der Waals surface area contributed by atoms with E-state index in [0.29, 0.717) is 0 Å². The van der Waals surface area contributed by atoms with Gasteiger partial charge in [-0.3, -0.25) is 4.57 Å². The van der Waals surface area contributed by atoms with Gasteiger partial charge in [-0.15, -0.1) is 6.58 Å². The summed E-state index contributed by atoms with van der Waals surface area (Å²) in [5.74, 6) is 0. The van der Waals surface area contributed by atoms with Gasteiger partial charge in [-0.2, -0.15) is 0 Å². The number of anilines is 2. The maximum absolute atomic E-state index is 12.0. The lowest BCUT2D eigenvalue weighted by Gasteiger charge is -2.07. The summed E-state index contributed by atoms with van der Waals surface area (Å²) in [4.78, 5) is 14.9. The van der Waals surface area contributed by atoms with Crippen LogP contribution in [0.3, 0.4) is 0 Å². The van der Waals surface area contributed by atoms with Gasteiger partial charge in [0.1, 0.15) is 0 Å². The highest BCUT2D eigenvalue weighted by Crippen LogP contribution is 2.20. The first-order valence-electron chi connectivity index (χ1n) is 10.6. The van der Waals surface area contributed by atoms with Gasteiger partial charge in [0.25, 0.3) is 0 Å². The zero-order valence-electron chi connectivity index (χ0n) is 18.4. The molecule has 1 aromatic heterocycles. The Bertz CT molecular complexity index is 999. The van der Waals surface area contributed by atoms with Crippen molar-refractivity contribution in [2.45, 2.75) is 46.6 Å². The maximum atomic E-state index is 12.0. The molecule has 0 bridgehead atoms. The first kappa shape index (κ1) is 23.1. The van der Waals surface area contributed by atoms with Gasteiger partial charge in [0, 0.05) is 24.5 Å². The summed E-state index contributed by atoms with van der Waals surface area (Å²) in [5, 5.41) is 6.46.